The summed E-state index contributed by atoms with van der Waals surface area (Å²) >= 11 is 0. The molecular formula is C15H19NO4. The Balaban J connectivity index is 1.99. The molecule has 1 aliphatic rings. The van der Waals surface area contributed by atoms with Gasteiger partial charge in [-0.15, -0.1) is 0 Å². The Bertz CT molecular complexity index is 508. The lowest BCUT2D eigenvalue weighted by molar-refractivity contribution is -0.136. The molecule has 2 rings (SSSR count). The van der Waals surface area contributed by atoms with Crippen LogP contribution in [0.25, 0.3) is 0 Å². The average molecular weight is 277 g/mol. The van der Waals surface area contributed by atoms with E-state index in [9.17, 15) is 9.59 Å². The third-order valence-electron chi connectivity index (χ3n) is 3.46. The molecule has 0 atom stereocenters. The van der Waals surface area contributed by atoms with E-state index in [4.69, 9.17) is 9.84 Å². The summed E-state index contributed by atoms with van der Waals surface area (Å²) in [6.45, 7) is 2.95. The topological polar surface area (TPSA) is 75.6 Å². The van der Waals surface area contributed by atoms with Gasteiger partial charge < -0.3 is 15.2 Å². The number of anilines is 1. The number of carbonyl (C=O) groups is 2. The summed E-state index contributed by atoms with van der Waals surface area (Å²) in [6, 6.07) is 6.94. The number of benzene rings is 1. The maximum atomic E-state index is 12.2. The van der Waals surface area contributed by atoms with Crippen LogP contribution in [-0.2, 0) is 20.7 Å². The van der Waals surface area contributed by atoms with Crippen molar-refractivity contribution in [1.29, 1.82) is 0 Å². The van der Waals surface area contributed by atoms with Crippen LogP contribution in [0.5, 0.6) is 0 Å². The summed E-state index contributed by atoms with van der Waals surface area (Å²) in [6.07, 6.45) is 1.63. The monoisotopic (exact) mass is 277 g/mol. The van der Waals surface area contributed by atoms with Gasteiger partial charge in [0.05, 0.1) is 18.4 Å². The van der Waals surface area contributed by atoms with E-state index in [0.717, 1.165) is 12.8 Å². The molecule has 0 heterocycles. The van der Waals surface area contributed by atoms with Crippen LogP contribution in [0.4, 0.5) is 5.69 Å². The highest BCUT2D eigenvalue weighted by atomic mass is 16.5. The van der Waals surface area contributed by atoms with Gasteiger partial charge in [0.2, 0.25) is 5.91 Å². The lowest BCUT2D eigenvalue weighted by Crippen LogP contribution is -2.28. The molecular weight excluding hydrogens is 258 g/mol. The van der Waals surface area contributed by atoms with Crippen LogP contribution in [0.15, 0.2) is 24.3 Å². The first-order chi connectivity index (χ1) is 9.55. The van der Waals surface area contributed by atoms with Gasteiger partial charge in [0.1, 0.15) is 0 Å². The summed E-state index contributed by atoms with van der Waals surface area (Å²) in [5.74, 6) is -0.929. The van der Waals surface area contributed by atoms with Crippen LogP contribution in [0, 0.1) is 5.41 Å². The van der Waals surface area contributed by atoms with Gasteiger partial charge >= 0.3 is 5.97 Å². The first-order valence-corrected chi connectivity index (χ1v) is 6.76. The smallest absolute Gasteiger partial charge is 0.307 e. The van der Waals surface area contributed by atoms with Gasteiger partial charge in [0.25, 0.3) is 0 Å². The zero-order valence-electron chi connectivity index (χ0n) is 11.5. The Kier molecular flexibility index (Phi) is 4.39. The van der Waals surface area contributed by atoms with Gasteiger partial charge in [-0.1, -0.05) is 12.1 Å². The third kappa shape index (κ3) is 3.57. The number of nitrogens with one attached hydrogen (secondary N) is 1. The molecule has 0 saturated heterocycles. The SMILES string of the molecule is CCOCC1(C(=O)Nc2cccc(CC(=O)O)c2)CC1. The molecule has 0 spiro atoms. The van der Waals surface area contributed by atoms with Crippen LogP contribution in [0.3, 0.4) is 0 Å². The van der Waals surface area contributed by atoms with E-state index in [1.54, 1.807) is 24.3 Å². The van der Waals surface area contributed by atoms with Crippen molar-refractivity contribution in [3.63, 3.8) is 0 Å². The first-order valence-electron chi connectivity index (χ1n) is 6.76. The van der Waals surface area contributed by atoms with Gasteiger partial charge in [-0.25, -0.2) is 0 Å². The fourth-order valence-corrected chi connectivity index (χ4v) is 2.08. The standard InChI is InChI=1S/C15H19NO4/c1-2-20-10-15(6-7-15)14(19)16-12-5-3-4-11(8-12)9-13(17)18/h3-5,8H,2,6-7,9-10H2,1H3,(H,16,19)(H,17,18). The minimum atomic E-state index is -0.886. The Morgan fingerprint density at radius 1 is 1.40 bits per heavy atom. The molecule has 0 aromatic heterocycles. The highest BCUT2D eigenvalue weighted by Crippen LogP contribution is 2.46. The van der Waals surface area contributed by atoms with E-state index < -0.39 is 11.4 Å². The Morgan fingerprint density at radius 2 is 2.15 bits per heavy atom. The number of carbonyl (C=O) groups excluding carboxylic acids is 1. The van der Waals surface area contributed by atoms with Crippen molar-refractivity contribution in [1.82, 2.24) is 0 Å². The van der Waals surface area contributed by atoms with Crippen molar-refractivity contribution >= 4 is 17.6 Å². The number of hydrogen-bond donors (Lipinski definition) is 2. The van der Waals surface area contributed by atoms with Gasteiger partial charge in [-0.2, -0.15) is 0 Å². The highest BCUT2D eigenvalue weighted by Gasteiger charge is 2.50. The van der Waals surface area contributed by atoms with E-state index >= 15 is 0 Å². The zero-order valence-corrected chi connectivity index (χ0v) is 11.5. The number of rotatable bonds is 7. The fourth-order valence-electron chi connectivity index (χ4n) is 2.08. The fraction of sp³-hybridized carbons (Fsp3) is 0.467. The number of ether oxygens (including phenoxy) is 1. The molecule has 20 heavy (non-hydrogen) atoms. The van der Waals surface area contributed by atoms with E-state index in [1.165, 1.54) is 0 Å². The van der Waals surface area contributed by atoms with Crippen molar-refractivity contribution in [2.75, 3.05) is 18.5 Å². The van der Waals surface area contributed by atoms with Crippen molar-refractivity contribution < 1.29 is 19.4 Å². The lowest BCUT2D eigenvalue weighted by Gasteiger charge is -2.15. The minimum Gasteiger partial charge on any atom is -0.481 e. The average Bonchev–Trinajstić information content (AvgIpc) is 3.17. The molecule has 2 N–H and O–H groups in total. The van der Waals surface area contributed by atoms with Gasteiger partial charge in [-0.05, 0) is 37.5 Å². The predicted octanol–water partition coefficient (Wildman–Crippen LogP) is 2.07. The number of amides is 1. The van der Waals surface area contributed by atoms with Gasteiger partial charge in [-0.3, -0.25) is 9.59 Å². The molecule has 0 bridgehead atoms. The quantitative estimate of drug-likeness (QED) is 0.800. The number of hydrogen-bond acceptors (Lipinski definition) is 3. The number of carboxylic acid groups (broad SMARTS) is 1. The molecule has 5 nitrogen and oxygen atoms in total. The normalized spacial score (nSPS) is 15.7. The molecule has 1 fully saturated rings. The predicted molar refractivity (Wildman–Crippen MR) is 74.6 cm³/mol. The van der Waals surface area contributed by atoms with E-state index in [-0.39, 0.29) is 12.3 Å². The summed E-state index contributed by atoms with van der Waals surface area (Å²) in [7, 11) is 0. The molecule has 1 amide bonds. The Morgan fingerprint density at radius 3 is 2.75 bits per heavy atom. The van der Waals surface area contributed by atoms with Crippen molar-refractivity contribution in [3.05, 3.63) is 29.8 Å². The van der Waals surface area contributed by atoms with E-state index in [2.05, 4.69) is 5.32 Å². The highest BCUT2D eigenvalue weighted by molar-refractivity contribution is 5.97. The molecule has 1 aliphatic carbocycles. The van der Waals surface area contributed by atoms with Gasteiger partial charge in [0, 0.05) is 12.3 Å². The Labute approximate surface area is 117 Å². The first kappa shape index (κ1) is 14.5. The zero-order chi connectivity index (χ0) is 14.6. The second-order valence-corrected chi connectivity index (χ2v) is 5.14. The van der Waals surface area contributed by atoms with Crippen LogP contribution < -0.4 is 5.32 Å². The lowest BCUT2D eigenvalue weighted by atomic mass is 10.1. The second kappa shape index (κ2) is 6.05. The van der Waals surface area contributed by atoms with Crippen LogP contribution in [0.2, 0.25) is 0 Å². The maximum absolute atomic E-state index is 12.2. The van der Waals surface area contributed by atoms with E-state index in [0.29, 0.717) is 24.5 Å². The maximum Gasteiger partial charge on any atom is 0.307 e. The molecule has 5 heteroatoms. The van der Waals surface area contributed by atoms with Crippen molar-refractivity contribution in [2.24, 2.45) is 5.41 Å². The molecule has 0 aliphatic heterocycles. The molecule has 1 aromatic carbocycles. The molecule has 0 radical (unpaired) electrons. The van der Waals surface area contributed by atoms with Crippen molar-refractivity contribution in [3.8, 4) is 0 Å². The molecule has 0 unspecified atom stereocenters. The summed E-state index contributed by atoms with van der Waals surface area (Å²) in [5.41, 5.74) is 0.917. The summed E-state index contributed by atoms with van der Waals surface area (Å²) in [4.78, 5) is 22.9. The largest absolute Gasteiger partial charge is 0.481 e. The van der Waals surface area contributed by atoms with Crippen LogP contribution in [0.1, 0.15) is 25.3 Å². The minimum absolute atomic E-state index is 0.0431. The molecule has 1 aromatic rings. The molecule has 108 valence electrons. The second-order valence-electron chi connectivity index (χ2n) is 5.14. The van der Waals surface area contributed by atoms with Gasteiger partial charge in [0.15, 0.2) is 0 Å². The van der Waals surface area contributed by atoms with Crippen LogP contribution in [-0.4, -0.2) is 30.2 Å². The van der Waals surface area contributed by atoms with Crippen molar-refractivity contribution in [2.45, 2.75) is 26.2 Å². The number of carboxylic acids is 1. The number of aliphatic carboxylic acids is 1. The van der Waals surface area contributed by atoms with Crippen LogP contribution >= 0.6 is 0 Å². The Hall–Kier alpha value is -1.88. The van der Waals surface area contributed by atoms with E-state index in [1.807, 2.05) is 6.92 Å². The molecule has 1 saturated carbocycles. The third-order valence-corrected chi connectivity index (χ3v) is 3.46. The summed E-state index contributed by atoms with van der Waals surface area (Å²) in [5, 5.41) is 11.6. The summed E-state index contributed by atoms with van der Waals surface area (Å²) < 4.78 is 5.36.